The Bertz CT molecular complexity index is 536. The highest BCUT2D eigenvalue weighted by Crippen LogP contribution is 2.46. The van der Waals surface area contributed by atoms with E-state index in [1.807, 2.05) is 29.6 Å². The second-order valence-electron chi connectivity index (χ2n) is 4.74. The van der Waals surface area contributed by atoms with Crippen molar-refractivity contribution in [3.8, 4) is 5.75 Å². The van der Waals surface area contributed by atoms with Crippen LogP contribution in [-0.2, 0) is 6.61 Å². The van der Waals surface area contributed by atoms with Crippen LogP contribution in [0.2, 0.25) is 0 Å². The lowest BCUT2D eigenvalue weighted by atomic mass is 10.2. The molecule has 0 aromatic heterocycles. The van der Waals surface area contributed by atoms with Crippen molar-refractivity contribution in [2.45, 2.75) is 17.6 Å². The third-order valence-corrected chi connectivity index (χ3v) is 6.22. The third-order valence-electron chi connectivity index (χ3n) is 3.24. The molecule has 0 spiro atoms. The van der Waals surface area contributed by atoms with Crippen molar-refractivity contribution in [1.29, 1.82) is 0 Å². The minimum atomic E-state index is 0.524. The van der Waals surface area contributed by atoms with Gasteiger partial charge in [0.25, 0.3) is 0 Å². The Morgan fingerprint density at radius 3 is 2.40 bits per heavy atom. The van der Waals surface area contributed by atoms with Crippen molar-refractivity contribution in [3.63, 3.8) is 0 Å². The number of ether oxygens (including phenoxy) is 1. The molecular formula is C17H18OS2. The van der Waals surface area contributed by atoms with Crippen molar-refractivity contribution >= 4 is 23.5 Å². The van der Waals surface area contributed by atoms with Gasteiger partial charge in [0, 0.05) is 5.56 Å². The molecule has 1 nitrogen and oxygen atoms in total. The Labute approximate surface area is 129 Å². The van der Waals surface area contributed by atoms with E-state index in [4.69, 9.17) is 4.74 Å². The predicted octanol–water partition coefficient (Wildman–Crippen LogP) is 5.13. The lowest BCUT2D eigenvalue weighted by molar-refractivity contribution is 0.304. The van der Waals surface area contributed by atoms with Crippen LogP contribution in [0.25, 0.3) is 0 Å². The van der Waals surface area contributed by atoms with E-state index in [1.165, 1.54) is 29.1 Å². The van der Waals surface area contributed by atoms with Gasteiger partial charge in [-0.2, -0.15) is 0 Å². The molecule has 0 aliphatic carbocycles. The van der Waals surface area contributed by atoms with E-state index in [0.29, 0.717) is 11.2 Å². The van der Waals surface area contributed by atoms with Gasteiger partial charge in [-0.05, 0) is 29.6 Å². The summed E-state index contributed by atoms with van der Waals surface area (Å²) < 4.78 is 6.57. The summed E-state index contributed by atoms with van der Waals surface area (Å²) in [6, 6.07) is 18.8. The molecule has 1 heterocycles. The van der Waals surface area contributed by atoms with Crippen molar-refractivity contribution in [2.24, 2.45) is 0 Å². The molecule has 20 heavy (non-hydrogen) atoms. The molecule has 3 rings (SSSR count). The van der Waals surface area contributed by atoms with Gasteiger partial charge in [-0.1, -0.05) is 48.5 Å². The summed E-state index contributed by atoms with van der Waals surface area (Å²) in [5.41, 5.74) is 2.55. The van der Waals surface area contributed by atoms with E-state index in [1.54, 1.807) is 0 Å². The van der Waals surface area contributed by atoms with Crippen LogP contribution in [0.5, 0.6) is 5.75 Å². The topological polar surface area (TPSA) is 9.23 Å². The Hall–Kier alpha value is -1.06. The average molecular weight is 302 g/mol. The molecular weight excluding hydrogens is 284 g/mol. The van der Waals surface area contributed by atoms with E-state index in [9.17, 15) is 0 Å². The van der Waals surface area contributed by atoms with E-state index in [2.05, 4.69) is 48.5 Å². The summed E-state index contributed by atoms with van der Waals surface area (Å²) >= 11 is 4.07. The van der Waals surface area contributed by atoms with E-state index in [0.717, 1.165) is 5.75 Å². The summed E-state index contributed by atoms with van der Waals surface area (Å²) in [7, 11) is 0. The maximum absolute atomic E-state index is 6.05. The Morgan fingerprint density at radius 1 is 0.900 bits per heavy atom. The van der Waals surface area contributed by atoms with Crippen molar-refractivity contribution in [1.82, 2.24) is 0 Å². The van der Waals surface area contributed by atoms with Crippen molar-refractivity contribution < 1.29 is 4.74 Å². The smallest absolute Gasteiger partial charge is 0.124 e. The Balaban J connectivity index is 1.72. The normalized spacial score (nSPS) is 16.0. The fraction of sp³-hybridized carbons (Fsp3) is 0.294. The highest BCUT2D eigenvalue weighted by molar-refractivity contribution is 8.16. The standard InChI is InChI=1S/C17H18OS2/c1-2-7-14(8-3-1)13-18-16-10-5-4-9-15(16)17-19-11-6-12-20-17/h1-5,7-10,17H,6,11-13H2. The van der Waals surface area contributed by atoms with Gasteiger partial charge < -0.3 is 4.74 Å². The third kappa shape index (κ3) is 3.53. The minimum absolute atomic E-state index is 0.524. The number of benzene rings is 2. The van der Waals surface area contributed by atoms with E-state index in [-0.39, 0.29) is 0 Å². The highest BCUT2D eigenvalue weighted by Gasteiger charge is 2.19. The summed E-state index contributed by atoms with van der Waals surface area (Å²) in [4.78, 5) is 0. The zero-order chi connectivity index (χ0) is 13.6. The molecule has 0 radical (unpaired) electrons. The zero-order valence-electron chi connectivity index (χ0n) is 11.3. The maximum Gasteiger partial charge on any atom is 0.124 e. The van der Waals surface area contributed by atoms with Crippen LogP contribution in [0, 0.1) is 0 Å². The van der Waals surface area contributed by atoms with Crippen molar-refractivity contribution in [3.05, 3.63) is 65.7 Å². The van der Waals surface area contributed by atoms with Crippen LogP contribution in [0.1, 0.15) is 22.1 Å². The van der Waals surface area contributed by atoms with Crippen LogP contribution in [0.4, 0.5) is 0 Å². The first kappa shape index (κ1) is 13.9. The SMILES string of the molecule is c1ccc(COc2ccccc2C2SCCCS2)cc1. The van der Waals surface area contributed by atoms with Gasteiger partial charge in [0.2, 0.25) is 0 Å². The van der Waals surface area contributed by atoms with Crippen LogP contribution in [-0.4, -0.2) is 11.5 Å². The lowest BCUT2D eigenvalue weighted by Gasteiger charge is -2.23. The van der Waals surface area contributed by atoms with Crippen LogP contribution >= 0.6 is 23.5 Å². The van der Waals surface area contributed by atoms with Gasteiger partial charge >= 0.3 is 0 Å². The zero-order valence-corrected chi connectivity index (χ0v) is 13.0. The molecule has 0 N–H and O–H groups in total. The second-order valence-corrected chi connectivity index (χ2v) is 7.46. The molecule has 1 aliphatic rings. The number of para-hydroxylation sites is 1. The monoisotopic (exact) mass is 302 g/mol. The molecule has 0 amide bonds. The maximum atomic E-state index is 6.05. The molecule has 1 aliphatic heterocycles. The van der Waals surface area contributed by atoms with Crippen LogP contribution < -0.4 is 4.74 Å². The fourth-order valence-corrected chi connectivity index (χ4v) is 5.15. The molecule has 0 saturated carbocycles. The first-order valence-corrected chi connectivity index (χ1v) is 9.02. The Morgan fingerprint density at radius 2 is 1.60 bits per heavy atom. The highest BCUT2D eigenvalue weighted by atomic mass is 32.2. The molecule has 104 valence electrons. The molecule has 2 aromatic rings. The van der Waals surface area contributed by atoms with Crippen molar-refractivity contribution in [2.75, 3.05) is 11.5 Å². The molecule has 0 bridgehead atoms. The largest absolute Gasteiger partial charge is 0.489 e. The first-order valence-electron chi connectivity index (χ1n) is 6.92. The average Bonchev–Trinajstić information content (AvgIpc) is 2.55. The van der Waals surface area contributed by atoms with Gasteiger partial charge in [0.15, 0.2) is 0 Å². The Kier molecular flexibility index (Phi) is 4.93. The van der Waals surface area contributed by atoms with Crippen LogP contribution in [0.15, 0.2) is 54.6 Å². The molecule has 0 atom stereocenters. The van der Waals surface area contributed by atoms with Gasteiger partial charge in [-0.25, -0.2) is 0 Å². The molecule has 0 unspecified atom stereocenters. The lowest BCUT2D eigenvalue weighted by Crippen LogP contribution is -2.03. The number of rotatable bonds is 4. The van der Waals surface area contributed by atoms with Gasteiger partial charge in [-0.3, -0.25) is 0 Å². The van der Waals surface area contributed by atoms with E-state index >= 15 is 0 Å². The number of hydrogen-bond acceptors (Lipinski definition) is 3. The van der Waals surface area contributed by atoms with Gasteiger partial charge in [-0.15, -0.1) is 23.5 Å². The summed E-state index contributed by atoms with van der Waals surface area (Å²) in [5, 5.41) is 0. The van der Waals surface area contributed by atoms with Gasteiger partial charge in [0.1, 0.15) is 12.4 Å². The first-order chi connectivity index (χ1) is 9.93. The summed E-state index contributed by atoms with van der Waals surface area (Å²) in [6.45, 7) is 0.639. The quantitative estimate of drug-likeness (QED) is 0.774. The number of thioether (sulfide) groups is 2. The van der Waals surface area contributed by atoms with Crippen LogP contribution in [0.3, 0.4) is 0 Å². The molecule has 2 aromatic carbocycles. The molecule has 1 fully saturated rings. The molecule has 3 heteroatoms. The van der Waals surface area contributed by atoms with Gasteiger partial charge in [0.05, 0.1) is 4.58 Å². The van der Waals surface area contributed by atoms with E-state index < -0.39 is 0 Å². The summed E-state index contributed by atoms with van der Waals surface area (Å²) in [5.74, 6) is 3.54. The molecule has 1 saturated heterocycles. The second kappa shape index (κ2) is 7.09. The summed E-state index contributed by atoms with van der Waals surface area (Å²) in [6.07, 6.45) is 1.32. The number of hydrogen-bond donors (Lipinski definition) is 0. The fourth-order valence-electron chi connectivity index (χ4n) is 2.21. The predicted molar refractivity (Wildman–Crippen MR) is 89.5 cm³/mol. The minimum Gasteiger partial charge on any atom is -0.489 e.